The van der Waals surface area contributed by atoms with Crippen molar-refractivity contribution < 1.29 is 9.90 Å². The first-order valence-corrected chi connectivity index (χ1v) is 6.07. The summed E-state index contributed by atoms with van der Waals surface area (Å²) in [7, 11) is 0. The molecule has 0 aliphatic rings. The molecule has 1 atom stereocenters. The summed E-state index contributed by atoms with van der Waals surface area (Å²) < 4.78 is 0. The lowest BCUT2D eigenvalue weighted by Gasteiger charge is -2.06. The van der Waals surface area contributed by atoms with Gasteiger partial charge in [0.25, 0.3) is 0 Å². The second-order valence-corrected chi connectivity index (χ2v) is 4.71. The van der Waals surface area contributed by atoms with Crippen LogP contribution in [0, 0.1) is 6.92 Å². The molecule has 88 valence electrons. The number of nitrogens with zero attached hydrogens (tertiary/aromatic N) is 2. The van der Waals surface area contributed by atoms with E-state index in [0.29, 0.717) is 5.82 Å². The first-order chi connectivity index (χ1) is 8.09. The van der Waals surface area contributed by atoms with E-state index in [1.807, 2.05) is 18.4 Å². The normalized spacial score (nSPS) is 12.4. The Hall–Kier alpha value is -1.75. The molecule has 0 aliphatic carbocycles. The Balaban J connectivity index is 2.42. The van der Waals surface area contributed by atoms with Gasteiger partial charge in [-0.15, -0.1) is 11.3 Å². The monoisotopic (exact) mass is 248 g/mol. The van der Waals surface area contributed by atoms with E-state index in [0.717, 1.165) is 16.1 Å². The molecule has 0 saturated carbocycles. The van der Waals surface area contributed by atoms with E-state index in [2.05, 4.69) is 9.97 Å². The second-order valence-electron chi connectivity index (χ2n) is 3.79. The van der Waals surface area contributed by atoms with Crippen LogP contribution in [0.15, 0.2) is 23.7 Å². The number of carboxylic acids is 1. The molecule has 2 heterocycles. The molecule has 17 heavy (non-hydrogen) atoms. The number of thiophene rings is 1. The number of aromatic nitrogens is 2. The summed E-state index contributed by atoms with van der Waals surface area (Å²) in [6.07, 6.45) is 1.61. The molecule has 0 aromatic carbocycles. The highest BCUT2D eigenvalue weighted by Crippen LogP contribution is 2.27. The van der Waals surface area contributed by atoms with E-state index in [1.54, 1.807) is 30.5 Å². The average molecular weight is 248 g/mol. The Labute approximate surface area is 103 Å². The molecule has 0 fully saturated rings. The summed E-state index contributed by atoms with van der Waals surface area (Å²) in [6.45, 7) is 3.59. The number of aryl methyl sites for hydroxylation is 1. The van der Waals surface area contributed by atoms with E-state index in [9.17, 15) is 4.79 Å². The van der Waals surface area contributed by atoms with E-state index in [1.165, 1.54) is 0 Å². The summed E-state index contributed by atoms with van der Waals surface area (Å²) in [6, 6.07) is 3.82. The Kier molecular flexibility index (Phi) is 3.19. The van der Waals surface area contributed by atoms with E-state index in [4.69, 9.17) is 5.11 Å². The number of carboxylic acid groups (broad SMARTS) is 1. The molecule has 0 bridgehead atoms. The molecular weight excluding hydrogens is 236 g/mol. The third-order valence-corrected chi connectivity index (χ3v) is 3.57. The number of rotatable bonds is 3. The molecule has 5 heteroatoms. The third-order valence-electron chi connectivity index (χ3n) is 2.53. The lowest BCUT2D eigenvalue weighted by molar-refractivity contribution is -0.138. The first-order valence-electron chi connectivity index (χ1n) is 5.20. The van der Waals surface area contributed by atoms with Crippen molar-refractivity contribution in [2.45, 2.75) is 19.8 Å². The van der Waals surface area contributed by atoms with Gasteiger partial charge in [-0.05, 0) is 36.9 Å². The highest BCUT2D eigenvalue weighted by atomic mass is 32.1. The minimum absolute atomic E-state index is 0.350. The Morgan fingerprint density at radius 3 is 2.82 bits per heavy atom. The maximum absolute atomic E-state index is 10.9. The summed E-state index contributed by atoms with van der Waals surface area (Å²) in [5.41, 5.74) is 1.93. The molecular formula is C12H12N2O2S. The van der Waals surface area contributed by atoms with Crippen LogP contribution in [0.25, 0.3) is 10.6 Å². The highest BCUT2D eigenvalue weighted by Gasteiger charge is 2.17. The van der Waals surface area contributed by atoms with Crippen molar-refractivity contribution >= 4 is 17.3 Å². The topological polar surface area (TPSA) is 63.1 Å². The zero-order valence-electron chi connectivity index (χ0n) is 9.54. The smallest absolute Gasteiger partial charge is 0.313 e. The minimum Gasteiger partial charge on any atom is -0.481 e. The second kappa shape index (κ2) is 4.63. The summed E-state index contributed by atoms with van der Waals surface area (Å²) in [5, 5.41) is 10.9. The van der Waals surface area contributed by atoms with Gasteiger partial charge in [-0.25, -0.2) is 9.97 Å². The Morgan fingerprint density at radius 1 is 1.47 bits per heavy atom. The van der Waals surface area contributed by atoms with Gasteiger partial charge in [-0.3, -0.25) is 4.79 Å². The SMILES string of the molecule is Cc1ccsc1-c1ccnc(C(C)C(=O)O)n1. The van der Waals surface area contributed by atoms with Crippen LogP contribution in [0.1, 0.15) is 24.2 Å². The molecule has 1 unspecified atom stereocenters. The molecule has 0 saturated heterocycles. The predicted octanol–water partition coefficient (Wildman–Crippen LogP) is 2.70. The molecule has 2 aromatic rings. The van der Waals surface area contributed by atoms with Gasteiger partial charge < -0.3 is 5.11 Å². The molecule has 2 aromatic heterocycles. The van der Waals surface area contributed by atoms with Gasteiger partial charge in [0.15, 0.2) is 0 Å². The minimum atomic E-state index is -0.912. The van der Waals surface area contributed by atoms with Crippen molar-refractivity contribution in [3.8, 4) is 10.6 Å². The van der Waals surface area contributed by atoms with Gasteiger partial charge in [0, 0.05) is 6.20 Å². The highest BCUT2D eigenvalue weighted by molar-refractivity contribution is 7.13. The lowest BCUT2D eigenvalue weighted by atomic mass is 10.1. The van der Waals surface area contributed by atoms with Crippen LogP contribution in [-0.4, -0.2) is 21.0 Å². The van der Waals surface area contributed by atoms with Crippen molar-refractivity contribution in [3.05, 3.63) is 35.1 Å². The number of hydrogen-bond acceptors (Lipinski definition) is 4. The summed E-state index contributed by atoms with van der Waals surface area (Å²) in [5.74, 6) is -1.25. The van der Waals surface area contributed by atoms with Crippen molar-refractivity contribution in [1.82, 2.24) is 9.97 Å². The third kappa shape index (κ3) is 2.34. The van der Waals surface area contributed by atoms with Gasteiger partial charge in [-0.1, -0.05) is 0 Å². The largest absolute Gasteiger partial charge is 0.481 e. The standard InChI is InChI=1S/C12H12N2O2S/c1-7-4-6-17-10(7)9-3-5-13-11(14-9)8(2)12(15)16/h3-6,8H,1-2H3,(H,15,16). The zero-order valence-corrected chi connectivity index (χ0v) is 10.4. The van der Waals surface area contributed by atoms with Gasteiger partial charge in [-0.2, -0.15) is 0 Å². The summed E-state index contributed by atoms with van der Waals surface area (Å²) in [4.78, 5) is 20.3. The zero-order chi connectivity index (χ0) is 12.4. The van der Waals surface area contributed by atoms with E-state index in [-0.39, 0.29) is 0 Å². The maximum atomic E-state index is 10.9. The van der Waals surface area contributed by atoms with Gasteiger partial charge in [0.2, 0.25) is 0 Å². The fraction of sp³-hybridized carbons (Fsp3) is 0.250. The van der Waals surface area contributed by atoms with Crippen molar-refractivity contribution in [1.29, 1.82) is 0 Å². The molecule has 0 aliphatic heterocycles. The van der Waals surface area contributed by atoms with Crippen LogP contribution in [0.4, 0.5) is 0 Å². The van der Waals surface area contributed by atoms with Crippen molar-refractivity contribution in [2.75, 3.05) is 0 Å². The Bertz CT molecular complexity index is 551. The number of hydrogen-bond donors (Lipinski definition) is 1. The lowest BCUT2D eigenvalue weighted by Crippen LogP contribution is -2.11. The molecule has 4 nitrogen and oxygen atoms in total. The van der Waals surface area contributed by atoms with Gasteiger partial charge in [0.1, 0.15) is 11.7 Å². The quantitative estimate of drug-likeness (QED) is 0.907. The van der Waals surface area contributed by atoms with Crippen molar-refractivity contribution in [3.63, 3.8) is 0 Å². The number of carbonyl (C=O) groups is 1. The van der Waals surface area contributed by atoms with Crippen LogP contribution >= 0.6 is 11.3 Å². The predicted molar refractivity (Wildman–Crippen MR) is 66.1 cm³/mol. The number of aliphatic carboxylic acids is 1. The first kappa shape index (κ1) is 11.7. The molecule has 2 rings (SSSR count). The molecule has 1 N–H and O–H groups in total. The van der Waals surface area contributed by atoms with E-state index >= 15 is 0 Å². The van der Waals surface area contributed by atoms with Gasteiger partial charge >= 0.3 is 5.97 Å². The fourth-order valence-electron chi connectivity index (χ4n) is 1.45. The van der Waals surface area contributed by atoms with Crippen LogP contribution in [0.5, 0.6) is 0 Å². The van der Waals surface area contributed by atoms with Crippen LogP contribution in [-0.2, 0) is 4.79 Å². The van der Waals surface area contributed by atoms with Crippen LogP contribution < -0.4 is 0 Å². The van der Waals surface area contributed by atoms with Crippen molar-refractivity contribution in [2.24, 2.45) is 0 Å². The average Bonchev–Trinajstić information content (AvgIpc) is 2.74. The Morgan fingerprint density at radius 2 is 2.24 bits per heavy atom. The van der Waals surface area contributed by atoms with Gasteiger partial charge in [0.05, 0.1) is 10.6 Å². The van der Waals surface area contributed by atoms with E-state index < -0.39 is 11.9 Å². The van der Waals surface area contributed by atoms with Crippen LogP contribution in [0.3, 0.4) is 0 Å². The molecule has 0 amide bonds. The van der Waals surface area contributed by atoms with Crippen LogP contribution in [0.2, 0.25) is 0 Å². The summed E-state index contributed by atoms with van der Waals surface area (Å²) >= 11 is 1.59. The molecule has 0 spiro atoms. The maximum Gasteiger partial charge on any atom is 0.313 e. The fourth-order valence-corrected chi connectivity index (χ4v) is 2.35. The molecule has 0 radical (unpaired) electrons.